The van der Waals surface area contributed by atoms with Gasteiger partial charge in [0.1, 0.15) is 0 Å². The Bertz CT molecular complexity index is 277. The summed E-state index contributed by atoms with van der Waals surface area (Å²) in [7, 11) is 0. The van der Waals surface area contributed by atoms with Crippen LogP contribution in [0.5, 0.6) is 0 Å². The molecular weight excluding hydrogens is 202 g/mol. The van der Waals surface area contributed by atoms with Gasteiger partial charge in [-0.25, -0.2) is 0 Å². The van der Waals surface area contributed by atoms with E-state index in [9.17, 15) is 0 Å². The third-order valence-corrected chi connectivity index (χ3v) is 4.20. The van der Waals surface area contributed by atoms with Crippen molar-refractivity contribution in [1.29, 1.82) is 0 Å². The fourth-order valence-corrected chi connectivity index (χ4v) is 2.86. The van der Waals surface area contributed by atoms with E-state index in [4.69, 9.17) is 0 Å². The zero-order valence-electron chi connectivity index (χ0n) is 9.70. The lowest BCUT2D eigenvalue weighted by atomic mass is 10.1. The highest BCUT2D eigenvalue weighted by Gasteiger charge is 2.27. The Hall–Kier alpha value is -0.340. The summed E-state index contributed by atoms with van der Waals surface area (Å²) in [6.07, 6.45) is 4.10. The molecule has 1 nitrogen and oxygen atoms in total. The van der Waals surface area contributed by atoms with Crippen LogP contribution in [0.15, 0.2) is 17.5 Å². The first-order valence-electron chi connectivity index (χ1n) is 6.01. The van der Waals surface area contributed by atoms with Gasteiger partial charge in [-0.15, -0.1) is 11.3 Å². The van der Waals surface area contributed by atoms with Crippen LogP contribution in [-0.2, 0) is 6.42 Å². The highest BCUT2D eigenvalue weighted by Crippen LogP contribution is 2.36. The Kier molecular flexibility index (Phi) is 3.81. The van der Waals surface area contributed by atoms with Gasteiger partial charge in [0.05, 0.1) is 0 Å². The molecule has 1 N–H and O–H groups in total. The maximum atomic E-state index is 3.65. The number of thiophene rings is 1. The van der Waals surface area contributed by atoms with Crippen molar-refractivity contribution in [2.45, 2.75) is 39.2 Å². The van der Waals surface area contributed by atoms with Crippen molar-refractivity contribution < 1.29 is 0 Å². The van der Waals surface area contributed by atoms with Gasteiger partial charge in [0.25, 0.3) is 0 Å². The van der Waals surface area contributed by atoms with Gasteiger partial charge in [-0.3, -0.25) is 0 Å². The zero-order valence-corrected chi connectivity index (χ0v) is 10.5. The van der Waals surface area contributed by atoms with Crippen molar-refractivity contribution in [3.63, 3.8) is 0 Å². The van der Waals surface area contributed by atoms with Crippen LogP contribution >= 0.6 is 11.3 Å². The molecule has 0 aromatic carbocycles. The molecule has 0 saturated heterocycles. The van der Waals surface area contributed by atoms with E-state index in [1.807, 2.05) is 11.3 Å². The Morgan fingerprint density at radius 2 is 2.27 bits per heavy atom. The molecule has 0 radical (unpaired) electrons. The molecule has 84 valence electrons. The number of hydrogen-bond donors (Lipinski definition) is 1. The smallest absolute Gasteiger partial charge is 0.00871 e. The molecular formula is C13H21NS. The van der Waals surface area contributed by atoms with Crippen molar-refractivity contribution >= 4 is 11.3 Å². The van der Waals surface area contributed by atoms with Crippen LogP contribution < -0.4 is 5.32 Å². The van der Waals surface area contributed by atoms with Crippen molar-refractivity contribution in [2.24, 2.45) is 11.8 Å². The van der Waals surface area contributed by atoms with E-state index in [1.165, 1.54) is 30.7 Å². The van der Waals surface area contributed by atoms with Crippen LogP contribution in [0.1, 0.15) is 31.6 Å². The van der Waals surface area contributed by atoms with E-state index in [-0.39, 0.29) is 0 Å². The maximum Gasteiger partial charge on any atom is 0.00871 e. The molecule has 1 saturated carbocycles. The first-order chi connectivity index (χ1) is 7.25. The first-order valence-corrected chi connectivity index (χ1v) is 6.89. The maximum absolute atomic E-state index is 3.65. The van der Waals surface area contributed by atoms with Gasteiger partial charge in [-0.2, -0.15) is 0 Å². The van der Waals surface area contributed by atoms with Crippen LogP contribution in [-0.4, -0.2) is 12.6 Å². The number of nitrogens with one attached hydrogen (secondary N) is 1. The SMILES string of the molecule is CC(Cc1cccs1)NCC(C)C1CC1. The topological polar surface area (TPSA) is 12.0 Å². The highest BCUT2D eigenvalue weighted by atomic mass is 32.1. The van der Waals surface area contributed by atoms with Crippen molar-refractivity contribution in [3.8, 4) is 0 Å². The van der Waals surface area contributed by atoms with Crippen LogP contribution in [0, 0.1) is 11.8 Å². The predicted molar refractivity (Wildman–Crippen MR) is 67.4 cm³/mol. The molecule has 2 unspecified atom stereocenters. The molecule has 2 heteroatoms. The average molecular weight is 223 g/mol. The fourth-order valence-electron chi connectivity index (χ4n) is 2.02. The Balaban J connectivity index is 1.65. The summed E-state index contributed by atoms with van der Waals surface area (Å²) in [5.41, 5.74) is 0. The lowest BCUT2D eigenvalue weighted by molar-refractivity contribution is 0.426. The molecule has 1 aliphatic rings. The summed E-state index contributed by atoms with van der Waals surface area (Å²) in [4.78, 5) is 1.49. The summed E-state index contributed by atoms with van der Waals surface area (Å²) >= 11 is 1.86. The molecule has 0 amide bonds. The second-order valence-electron chi connectivity index (χ2n) is 4.91. The zero-order chi connectivity index (χ0) is 10.7. The summed E-state index contributed by atoms with van der Waals surface area (Å²) in [5, 5.41) is 5.81. The van der Waals surface area contributed by atoms with Crippen LogP contribution in [0.25, 0.3) is 0 Å². The van der Waals surface area contributed by atoms with Crippen molar-refractivity contribution in [2.75, 3.05) is 6.54 Å². The number of rotatable bonds is 6. The van der Waals surface area contributed by atoms with Crippen molar-refractivity contribution in [1.82, 2.24) is 5.32 Å². The Morgan fingerprint density at radius 3 is 2.87 bits per heavy atom. The minimum Gasteiger partial charge on any atom is -0.314 e. The van der Waals surface area contributed by atoms with E-state index in [0.717, 1.165) is 11.8 Å². The minimum absolute atomic E-state index is 0.616. The molecule has 1 fully saturated rings. The van der Waals surface area contributed by atoms with E-state index >= 15 is 0 Å². The summed E-state index contributed by atoms with van der Waals surface area (Å²) < 4.78 is 0. The molecule has 1 aromatic heterocycles. The number of hydrogen-bond acceptors (Lipinski definition) is 2. The van der Waals surface area contributed by atoms with E-state index in [1.54, 1.807) is 0 Å². The largest absolute Gasteiger partial charge is 0.314 e. The normalized spacial score (nSPS) is 20.1. The molecule has 0 spiro atoms. The van der Waals surface area contributed by atoms with Gasteiger partial charge in [-0.05, 0) is 56.0 Å². The average Bonchev–Trinajstić information content (AvgIpc) is 2.95. The molecule has 0 bridgehead atoms. The van der Waals surface area contributed by atoms with Crippen LogP contribution in [0.3, 0.4) is 0 Å². The monoisotopic (exact) mass is 223 g/mol. The minimum atomic E-state index is 0.616. The van der Waals surface area contributed by atoms with Crippen molar-refractivity contribution in [3.05, 3.63) is 22.4 Å². The standard InChI is InChI=1S/C13H21NS/c1-10(12-5-6-12)9-14-11(2)8-13-4-3-7-15-13/h3-4,7,10-12,14H,5-6,8-9H2,1-2H3. The van der Waals surface area contributed by atoms with Crippen LogP contribution in [0.4, 0.5) is 0 Å². The third-order valence-electron chi connectivity index (χ3n) is 3.30. The first kappa shape index (κ1) is 11.2. The summed E-state index contributed by atoms with van der Waals surface area (Å²) in [6.45, 7) is 5.86. The van der Waals surface area contributed by atoms with Gasteiger partial charge in [-0.1, -0.05) is 13.0 Å². The lowest BCUT2D eigenvalue weighted by Crippen LogP contribution is -2.32. The van der Waals surface area contributed by atoms with Gasteiger partial charge in [0.15, 0.2) is 0 Å². The van der Waals surface area contributed by atoms with E-state index < -0.39 is 0 Å². The highest BCUT2D eigenvalue weighted by molar-refractivity contribution is 7.09. The van der Waals surface area contributed by atoms with Gasteiger partial charge in [0, 0.05) is 10.9 Å². The molecule has 2 rings (SSSR count). The van der Waals surface area contributed by atoms with Crippen LogP contribution in [0.2, 0.25) is 0 Å². The Morgan fingerprint density at radius 1 is 1.47 bits per heavy atom. The predicted octanol–water partition coefficient (Wildman–Crippen LogP) is 3.31. The summed E-state index contributed by atoms with van der Waals surface area (Å²) in [6, 6.07) is 4.98. The van der Waals surface area contributed by atoms with Gasteiger partial charge in [0.2, 0.25) is 0 Å². The lowest BCUT2D eigenvalue weighted by Gasteiger charge is -2.16. The molecule has 15 heavy (non-hydrogen) atoms. The van der Waals surface area contributed by atoms with Gasteiger partial charge < -0.3 is 5.32 Å². The fraction of sp³-hybridized carbons (Fsp3) is 0.692. The quantitative estimate of drug-likeness (QED) is 0.780. The second-order valence-corrected chi connectivity index (χ2v) is 5.94. The molecule has 1 aromatic rings. The summed E-state index contributed by atoms with van der Waals surface area (Å²) in [5.74, 6) is 1.89. The molecule has 0 aliphatic heterocycles. The molecule has 1 heterocycles. The third kappa shape index (κ3) is 3.62. The molecule has 1 aliphatic carbocycles. The molecule has 2 atom stereocenters. The second kappa shape index (κ2) is 5.13. The van der Waals surface area contributed by atoms with E-state index in [0.29, 0.717) is 6.04 Å². The van der Waals surface area contributed by atoms with Gasteiger partial charge >= 0.3 is 0 Å². The van der Waals surface area contributed by atoms with E-state index in [2.05, 4.69) is 36.7 Å². The Labute approximate surface area is 96.9 Å².